The summed E-state index contributed by atoms with van der Waals surface area (Å²) in [5, 5.41) is 0. The van der Waals surface area contributed by atoms with Gasteiger partial charge in [0.05, 0.1) is 6.10 Å². The Morgan fingerprint density at radius 3 is 2.00 bits per heavy atom. The SMILES string of the molecule is COC1/C=C/C=C\C=C/C=C/C1C. The summed E-state index contributed by atoms with van der Waals surface area (Å²) in [6.45, 7) is 2.15. The molecule has 70 valence electrons. The van der Waals surface area contributed by atoms with Crippen molar-refractivity contribution in [1.29, 1.82) is 0 Å². The van der Waals surface area contributed by atoms with Crippen molar-refractivity contribution < 1.29 is 4.74 Å². The summed E-state index contributed by atoms with van der Waals surface area (Å²) in [7, 11) is 1.74. The van der Waals surface area contributed by atoms with Crippen LogP contribution in [-0.4, -0.2) is 13.2 Å². The van der Waals surface area contributed by atoms with E-state index >= 15 is 0 Å². The molecule has 0 aromatic heterocycles. The number of hydrogen-bond acceptors (Lipinski definition) is 1. The molecule has 0 aromatic carbocycles. The second-order valence-electron chi connectivity index (χ2n) is 3.10. The smallest absolute Gasteiger partial charge is 0.0815 e. The van der Waals surface area contributed by atoms with Crippen molar-refractivity contribution in [3.8, 4) is 0 Å². The molecule has 1 aliphatic carbocycles. The molecular weight excluding hydrogens is 160 g/mol. The molecule has 0 aliphatic heterocycles. The summed E-state index contributed by atoms with van der Waals surface area (Å²) in [6.07, 6.45) is 16.5. The van der Waals surface area contributed by atoms with Crippen LogP contribution in [0.3, 0.4) is 0 Å². The van der Waals surface area contributed by atoms with Crippen LogP contribution in [0.1, 0.15) is 6.92 Å². The molecule has 2 atom stereocenters. The molecule has 1 aliphatic rings. The minimum absolute atomic E-state index is 0.174. The lowest BCUT2D eigenvalue weighted by Gasteiger charge is -2.15. The fourth-order valence-electron chi connectivity index (χ4n) is 1.25. The van der Waals surface area contributed by atoms with Crippen LogP contribution in [-0.2, 0) is 4.74 Å². The second kappa shape index (κ2) is 5.55. The van der Waals surface area contributed by atoms with Gasteiger partial charge in [-0.1, -0.05) is 55.5 Å². The predicted octanol–water partition coefficient (Wildman–Crippen LogP) is 2.88. The molecule has 1 rings (SSSR count). The maximum Gasteiger partial charge on any atom is 0.0815 e. The number of hydrogen-bond donors (Lipinski definition) is 0. The lowest BCUT2D eigenvalue weighted by molar-refractivity contribution is 0.113. The average Bonchev–Trinajstić information content (AvgIpc) is 2.16. The highest BCUT2D eigenvalue weighted by atomic mass is 16.5. The molecule has 1 heteroatoms. The lowest BCUT2D eigenvalue weighted by atomic mass is 10.0. The minimum Gasteiger partial charge on any atom is -0.377 e. The Labute approximate surface area is 80.1 Å². The predicted molar refractivity (Wildman–Crippen MR) is 56.5 cm³/mol. The Hall–Kier alpha value is -1.08. The normalized spacial score (nSPS) is 37.7. The first-order valence-electron chi connectivity index (χ1n) is 4.55. The quantitative estimate of drug-likeness (QED) is 0.597. The van der Waals surface area contributed by atoms with Gasteiger partial charge in [0, 0.05) is 13.0 Å². The molecule has 0 aromatic rings. The number of rotatable bonds is 1. The Morgan fingerprint density at radius 1 is 0.846 bits per heavy atom. The molecule has 0 spiro atoms. The third-order valence-corrected chi connectivity index (χ3v) is 2.06. The van der Waals surface area contributed by atoms with Crippen molar-refractivity contribution in [2.45, 2.75) is 13.0 Å². The molecule has 1 nitrogen and oxygen atoms in total. The highest BCUT2D eigenvalue weighted by Crippen LogP contribution is 2.10. The van der Waals surface area contributed by atoms with Crippen LogP contribution < -0.4 is 0 Å². The Balaban J connectivity index is 2.75. The fraction of sp³-hybridized carbons (Fsp3) is 0.333. The van der Waals surface area contributed by atoms with Gasteiger partial charge in [-0.15, -0.1) is 0 Å². The summed E-state index contributed by atoms with van der Waals surface area (Å²) in [5.41, 5.74) is 0. The van der Waals surface area contributed by atoms with Crippen LogP contribution >= 0.6 is 0 Å². The van der Waals surface area contributed by atoms with Crippen LogP contribution in [0.5, 0.6) is 0 Å². The minimum atomic E-state index is 0.174. The molecule has 0 saturated carbocycles. The zero-order chi connectivity index (χ0) is 9.52. The third kappa shape index (κ3) is 3.43. The number of ether oxygens (including phenoxy) is 1. The van der Waals surface area contributed by atoms with E-state index in [-0.39, 0.29) is 6.10 Å². The van der Waals surface area contributed by atoms with E-state index < -0.39 is 0 Å². The van der Waals surface area contributed by atoms with Gasteiger partial charge >= 0.3 is 0 Å². The zero-order valence-electron chi connectivity index (χ0n) is 8.18. The fourth-order valence-corrected chi connectivity index (χ4v) is 1.25. The van der Waals surface area contributed by atoms with E-state index in [1.54, 1.807) is 7.11 Å². The Morgan fingerprint density at radius 2 is 1.38 bits per heavy atom. The summed E-state index contributed by atoms with van der Waals surface area (Å²) in [6, 6.07) is 0. The van der Waals surface area contributed by atoms with Gasteiger partial charge in [0.1, 0.15) is 0 Å². The summed E-state index contributed by atoms with van der Waals surface area (Å²) < 4.78 is 5.34. The summed E-state index contributed by atoms with van der Waals surface area (Å²) in [4.78, 5) is 0. The highest BCUT2D eigenvalue weighted by molar-refractivity contribution is 5.19. The molecule has 0 fully saturated rings. The van der Waals surface area contributed by atoms with Crippen molar-refractivity contribution in [3.63, 3.8) is 0 Å². The van der Waals surface area contributed by atoms with Gasteiger partial charge in [-0.2, -0.15) is 0 Å². The van der Waals surface area contributed by atoms with Crippen LogP contribution in [0, 0.1) is 5.92 Å². The second-order valence-corrected chi connectivity index (χ2v) is 3.10. The molecule has 0 N–H and O–H groups in total. The molecule has 0 heterocycles. The van der Waals surface area contributed by atoms with E-state index in [0.29, 0.717) is 5.92 Å². The molecule has 0 saturated heterocycles. The van der Waals surface area contributed by atoms with Gasteiger partial charge in [0.25, 0.3) is 0 Å². The van der Waals surface area contributed by atoms with E-state index in [4.69, 9.17) is 4.74 Å². The van der Waals surface area contributed by atoms with Crippen LogP contribution in [0.2, 0.25) is 0 Å². The van der Waals surface area contributed by atoms with Crippen molar-refractivity contribution in [2.24, 2.45) is 5.92 Å². The van der Waals surface area contributed by atoms with Gasteiger partial charge in [0.2, 0.25) is 0 Å². The van der Waals surface area contributed by atoms with E-state index in [1.807, 2.05) is 30.4 Å². The molecule has 0 bridgehead atoms. The van der Waals surface area contributed by atoms with Gasteiger partial charge in [-0.05, 0) is 0 Å². The van der Waals surface area contributed by atoms with Crippen molar-refractivity contribution in [3.05, 3.63) is 48.6 Å². The summed E-state index contributed by atoms with van der Waals surface area (Å²) >= 11 is 0. The number of methoxy groups -OCH3 is 1. The topological polar surface area (TPSA) is 9.23 Å². The van der Waals surface area contributed by atoms with E-state index in [1.165, 1.54) is 0 Å². The van der Waals surface area contributed by atoms with Gasteiger partial charge < -0.3 is 4.74 Å². The first-order valence-corrected chi connectivity index (χ1v) is 4.55. The maximum absolute atomic E-state index is 5.34. The zero-order valence-corrected chi connectivity index (χ0v) is 8.18. The number of allylic oxidation sites excluding steroid dienone is 6. The van der Waals surface area contributed by atoms with Gasteiger partial charge in [0.15, 0.2) is 0 Å². The van der Waals surface area contributed by atoms with E-state index in [9.17, 15) is 0 Å². The Bertz CT molecular complexity index is 246. The molecule has 0 amide bonds. The highest BCUT2D eigenvalue weighted by Gasteiger charge is 2.09. The van der Waals surface area contributed by atoms with Crippen molar-refractivity contribution in [1.82, 2.24) is 0 Å². The Kier molecular flexibility index (Phi) is 4.27. The maximum atomic E-state index is 5.34. The molecule has 0 radical (unpaired) electrons. The van der Waals surface area contributed by atoms with E-state index in [2.05, 4.69) is 25.2 Å². The average molecular weight is 176 g/mol. The first-order chi connectivity index (χ1) is 6.34. The largest absolute Gasteiger partial charge is 0.377 e. The van der Waals surface area contributed by atoms with Gasteiger partial charge in [-0.25, -0.2) is 0 Å². The lowest BCUT2D eigenvalue weighted by Crippen LogP contribution is -2.15. The third-order valence-electron chi connectivity index (χ3n) is 2.06. The molecule has 2 unspecified atom stereocenters. The van der Waals surface area contributed by atoms with Crippen molar-refractivity contribution >= 4 is 0 Å². The summed E-state index contributed by atoms with van der Waals surface area (Å²) in [5.74, 6) is 0.414. The van der Waals surface area contributed by atoms with E-state index in [0.717, 1.165) is 0 Å². The van der Waals surface area contributed by atoms with Crippen LogP contribution in [0.4, 0.5) is 0 Å². The molecular formula is C12H16O. The van der Waals surface area contributed by atoms with Crippen LogP contribution in [0.25, 0.3) is 0 Å². The molecule has 13 heavy (non-hydrogen) atoms. The standard InChI is InChI=1S/C12H16O/c1-11-9-7-5-3-4-6-8-10-12(11)13-2/h3-12H,1-2H3/b5-3-,6-4-,9-7+,10-8+. The van der Waals surface area contributed by atoms with Crippen molar-refractivity contribution in [2.75, 3.05) is 7.11 Å². The van der Waals surface area contributed by atoms with Gasteiger partial charge in [-0.3, -0.25) is 0 Å². The first kappa shape index (κ1) is 10.0. The van der Waals surface area contributed by atoms with Crippen LogP contribution in [0.15, 0.2) is 48.6 Å². The monoisotopic (exact) mass is 176 g/mol.